The van der Waals surface area contributed by atoms with E-state index in [2.05, 4.69) is 37.7 Å². The van der Waals surface area contributed by atoms with Crippen LogP contribution in [0.2, 0.25) is 0 Å². The molecular formula is C17H31N3. The normalized spacial score (nSPS) is 26.4. The van der Waals surface area contributed by atoms with Crippen molar-refractivity contribution in [2.75, 3.05) is 0 Å². The average molecular weight is 277 g/mol. The molecule has 3 nitrogen and oxygen atoms in total. The summed E-state index contributed by atoms with van der Waals surface area (Å²) >= 11 is 0. The molecule has 0 amide bonds. The van der Waals surface area contributed by atoms with Gasteiger partial charge in [-0.05, 0) is 44.1 Å². The van der Waals surface area contributed by atoms with Gasteiger partial charge in [-0.3, -0.25) is 4.68 Å². The molecule has 1 aliphatic rings. The molecule has 114 valence electrons. The molecule has 4 atom stereocenters. The summed E-state index contributed by atoms with van der Waals surface area (Å²) in [5.41, 5.74) is 7.63. The Kier molecular flexibility index (Phi) is 5.64. The summed E-state index contributed by atoms with van der Waals surface area (Å²) in [6.45, 7) is 6.72. The summed E-state index contributed by atoms with van der Waals surface area (Å²) in [7, 11) is 0. The smallest absolute Gasteiger partial charge is 0.0640 e. The number of nitrogens with zero attached hydrogens (tertiary/aromatic N) is 2. The maximum atomic E-state index is 6.47. The van der Waals surface area contributed by atoms with Crippen LogP contribution in [0.5, 0.6) is 0 Å². The Morgan fingerprint density at radius 1 is 1.40 bits per heavy atom. The van der Waals surface area contributed by atoms with E-state index in [4.69, 9.17) is 10.8 Å². The quantitative estimate of drug-likeness (QED) is 0.856. The Labute approximate surface area is 123 Å². The molecule has 0 aromatic carbocycles. The van der Waals surface area contributed by atoms with E-state index in [1.807, 2.05) is 0 Å². The van der Waals surface area contributed by atoms with Crippen LogP contribution in [0.1, 0.15) is 71.0 Å². The van der Waals surface area contributed by atoms with Gasteiger partial charge in [0.25, 0.3) is 0 Å². The highest BCUT2D eigenvalue weighted by Gasteiger charge is 2.26. The summed E-state index contributed by atoms with van der Waals surface area (Å²) in [5, 5.41) is 4.69. The van der Waals surface area contributed by atoms with E-state index >= 15 is 0 Å². The summed E-state index contributed by atoms with van der Waals surface area (Å²) < 4.78 is 2.08. The van der Waals surface area contributed by atoms with Crippen molar-refractivity contribution in [3.63, 3.8) is 0 Å². The average Bonchev–Trinajstić information content (AvgIpc) is 2.95. The Balaban J connectivity index is 1.90. The number of aromatic nitrogens is 2. The molecule has 1 heterocycles. The molecule has 0 radical (unpaired) electrons. The van der Waals surface area contributed by atoms with Crippen LogP contribution < -0.4 is 5.73 Å². The molecule has 0 bridgehead atoms. The second-order valence-corrected chi connectivity index (χ2v) is 6.61. The van der Waals surface area contributed by atoms with Crippen molar-refractivity contribution in [1.82, 2.24) is 9.78 Å². The molecule has 1 aromatic heterocycles. The number of hydrogen-bond acceptors (Lipinski definition) is 2. The van der Waals surface area contributed by atoms with Gasteiger partial charge in [0.1, 0.15) is 0 Å². The zero-order valence-electron chi connectivity index (χ0n) is 13.4. The van der Waals surface area contributed by atoms with E-state index in [1.165, 1.54) is 32.1 Å². The molecule has 1 aliphatic carbocycles. The Bertz CT molecular complexity index is 399. The Hall–Kier alpha value is -0.830. The topological polar surface area (TPSA) is 43.8 Å². The number of hydrogen-bond donors (Lipinski definition) is 1. The van der Waals surface area contributed by atoms with Crippen LogP contribution in [0.4, 0.5) is 0 Å². The molecule has 0 saturated heterocycles. The van der Waals surface area contributed by atoms with Crippen molar-refractivity contribution in [3.05, 3.63) is 18.0 Å². The highest BCUT2D eigenvalue weighted by atomic mass is 15.3. The summed E-state index contributed by atoms with van der Waals surface area (Å²) in [4.78, 5) is 0. The van der Waals surface area contributed by atoms with Gasteiger partial charge < -0.3 is 5.73 Å². The van der Waals surface area contributed by atoms with Crippen LogP contribution in [0, 0.1) is 11.8 Å². The molecular weight excluding hydrogens is 246 g/mol. The van der Waals surface area contributed by atoms with Crippen molar-refractivity contribution < 1.29 is 0 Å². The minimum Gasteiger partial charge on any atom is -0.327 e. The van der Waals surface area contributed by atoms with Crippen molar-refractivity contribution in [2.45, 2.75) is 77.8 Å². The number of rotatable bonds is 6. The van der Waals surface area contributed by atoms with E-state index in [0.717, 1.165) is 24.5 Å². The summed E-state index contributed by atoms with van der Waals surface area (Å²) in [6.07, 6.45) is 10.9. The van der Waals surface area contributed by atoms with Gasteiger partial charge in [0.05, 0.1) is 5.69 Å². The van der Waals surface area contributed by atoms with Crippen LogP contribution >= 0.6 is 0 Å². The van der Waals surface area contributed by atoms with Gasteiger partial charge >= 0.3 is 0 Å². The second-order valence-electron chi connectivity index (χ2n) is 6.61. The van der Waals surface area contributed by atoms with Crippen LogP contribution in [0.15, 0.2) is 12.3 Å². The van der Waals surface area contributed by atoms with Crippen molar-refractivity contribution in [1.29, 1.82) is 0 Å². The molecule has 4 unspecified atom stereocenters. The third kappa shape index (κ3) is 3.85. The molecule has 1 saturated carbocycles. The molecule has 20 heavy (non-hydrogen) atoms. The molecule has 0 spiro atoms. The van der Waals surface area contributed by atoms with Gasteiger partial charge in [0.15, 0.2) is 0 Å². The van der Waals surface area contributed by atoms with E-state index in [1.54, 1.807) is 0 Å². The first-order valence-electron chi connectivity index (χ1n) is 8.43. The lowest BCUT2D eigenvalue weighted by molar-refractivity contribution is 0.227. The Morgan fingerprint density at radius 2 is 2.20 bits per heavy atom. The van der Waals surface area contributed by atoms with E-state index in [-0.39, 0.29) is 6.04 Å². The van der Waals surface area contributed by atoms with Crippen LogP contribution in [-0.2, 0) is 6.42 Å². The monoisotopic (exact) mass is 277 g/mol. The van der Waals surface area contributed by atoms with Crippen molar-refractivity contribution in [3.8, 4) is 0 Å². The van der Waals surface area contributed by atoms with Crippen molar-refractivity contribution >= 4 is 0 Å². The van der Waals surface area contributed by atoms with Gasteiger partial charge in [-0.15, -0.1) is 0 Å². The predicted molar refractivity (Wildman–Crippen MR) is 84.6 cm³/mol. The molecule has 0 aliphatic heterocycles. The lowest BCUT2D eigenvalue weighted by Crippen LogP contribution is -2.35. The fourth-order valence-electron chi connectivity index (χ4n) is 3.42. The van der Waals surface area contributed by atoms with Gasteiger partial charge in [-0.25, -0.2) is 0 Å². The zero-order valence-corrected chi connectivity index (χ0v) is 13.4. The molecule has 2 rings (SSSR count). The van der Waals surface area contributed by atoms with Crippen LogP contribution in [-0.4, -0.2) is 15.8 Å². The zero-order chi connectivity index (χ0) is 14.5. The fourth-order valence-corrected chi connectivity index (χ4v) is 3.42. The Morgan fingerprint density at radius 3 is 2.90 bits per heavy atom. The van der Waals surface area contributed by atoms with E-state index in [0.29, 0.717) is 12.0 Å². The van der Waals surface area contributed by atoms with Crippen LogP contribution in [0.3, 0.4) is 0 Å². The summed E-state index contributed by atoms with van der Waals surface area (Å²) in [5.74, 6) is 1.60. The third-order valence-electron chi connectivity index (χ3n) is 5.16. The first-order valence-corrected chi connectivity index (χ1v) is 8.43. The number of nitrogens with two attached hydrogens (primary N) is 1. The lowest BCUT2D eigenvalue weighted by atomic mass is 9.76. The second kappa shape index (κ2) is 7.26. The van der Waals surface area contributed by atoms with Gasteiger partial charge in [-0.1, -0.05) is 33.1 Å². The minimum atomic E-state index is 0.282. The largest absolute Gasteiger partial charge is 0.327 e. The maximum absolute atomic E-state index is 6.47. The van der Waals surface area contributed by atoms with Gasteiger partial charge in [0, 0.05) is 24.7 Å². The molecule has 2 N–H and O–H groups in total. The maximum Gasteiger partial charge on any atom is 0.0640 e. The molecule has 3 heteroatoms. The van der Waals surface area contributed by atoms with Gasteiger partial charge in [-0.2, -0.15) is 5.10 Å². The molecule has 1 fully saturated rings. The third-order valence-corrected chi connectivity index (χ3v) is 5.16. The first-order chi connectivity index (χ1) is 9.63. The van der Waals surface area contributed by atoms with Gasteiger partial charge in [0.2, 0.25) is 0 Å². The standard InChI is InChI=1S/C17H31N3/c1-4-13(3)20-10-9-16(19-20)12-17(18)15-8-6-7-14(5-2)11-15/h9-10,13-15,17H,4-8,11-12,18H2,1-3H3. The van der Waals surface area contributed by atoms with Crippen molar-refractivity contribution in [2.24, 2.45) is 17.6 Å². The first kappa shape index (κ1) is 15.6. The highest BCUT2D eigenvalue weighted by Crippen LogP contribution is 2.33. The van der Waals surface area contributed by atoms with E-state index in [9.17, 15) is 0 Å². The fraction of sp³-hybridized carbons (Fsp3) is 0.824. The highest BCUT2D eigenvalue weighted by molar-refractivity contribution is 5.03. The summed E-state index contributed by atoms with van der Waals surface area (Å²) in [6, 6.07) is 2.91. The predicted octanol–water partition coefficient (Wildman–Crippen LogP) is 3.94. The van der Waals surface area contributed by atoms with Crippen LogP contribution in [0.25, 0.3) is 0 Å². The lowest BCUT2D eigenvalue weighted by Gasteiger charge is -2.32. The minimum absolute atomic E-state index is 0.282. The van der Waals surface area contributed by atoms with E-state index < -0.39 is 0 Å². The molecule has 1 aromatic rings. The SMILES string of the molecule is CCC1CCCC(C(N)Cc2ccn(C(C)CC)n2)C1.